The summed E-state index contributed by atoms with van der Waals surface area (Å²) < 4.78 is 0. The SMILES string of the molecule is Cc1ccc(C)c([C@H](NC(=O)C2CCCCC2)c2cccnc2)c1. The molecule has 0 spiro atoms. The van der Waals surface area contributed by atoms with E-state index in [0.29, 0.717) is 0 Å². The van der Waals surface area contributed by atoms with Crippen molar-refractivity contribution >= 4 is 5.91 Å². The quantitative estimate of drug-likeness (QED) is 0.901. The summed E-state index contributed by atoms with van der Waals surface area (Å²) in [4.78, 5) is 17.1. The van der Waals surface area contributed by atoms with Gasteiger partial charge in [-0.3, -0.25) is 9.78 Å². The number of amides is 1. The van der Waals surface area contributed by atoms with Crippen LogP contribution in [0.15, 0.2) is 42.7 Å². The molecule has 1 atom stereocenters. The molecule has 0 aliphatic heterocycles. The van der Waals surface area contributed by atoms with Gasteiger partial charge in [0.1, 0.15) is 0 Å². The van der Waals surface area contributed by atoms with Gasteiger partial charge in [-0.05, 0) is 49.4 Å². The molecule has 1 aromatic heterocycles. The van der Waals surface area contributed by atoms with Crippen molar-refractivity contribution < 1.29 is 4.79 Å². The van der Waals surface area contributed by atoms with Crippen molar-refractivity contribution in [3.8, 4) is 0 Å². The maximum atomic E-state index is 12.8. The van der Waals surface area contributed by atoms with E-state index in [2.05, 4.69) is 42.3 Å². The lowest BCUT2D eigenvalue weighted by molar-refractivity contribution is -0.126. The normalized spacial score (nSPS) is 16.6. The maximum Gasteiger partial charge on any atom is 0.223 e. The van der Waals surface area contributed by atoms with Crippen LogP contribution < -0.4 is 5.32 Å². The lowest BCUT2D eigenvalue weighted by atomic mass is 9.87. The van der Waals surface area contributed by atoms with Crippen molar-refractivity contribution in [2.24, 2.45) is 5.92 Å². The van der Waals surface area contributed by atoms with Gasteiger partial charge in [-0.1, -0.05) is 49.1 Å². The largest absolute Gasteiger partial charge is 0.345 e. The van der Waals surface area contributed by atoms with E-state index in [0.717, 1.165) is 24.0 Å². The lowest BCUT2D eigenvalue weighted by Crippen LogP contribution is -2.35. The van der Waals surface area contributed by atoms with E-state index in [1.807, 2.05) is 18.3 Å². The predicted octanol–water partition coefficient (Wildman–Crippen LogP) is 4.48. The molecular weight excluding hydrogens is 296 g/mol. The molecule has 1 aliphatic rings. The van der Waals surface area contributed by atoms with Crippen molar-refractivity contribution in [3.63, 3.8) is 0 Å². The van der Waals surface area contributed by atoms with Gasteiger partial charge in [-0.25, -0.2) is 0 Å². The Morgan fingerprint density at radius 2 is 1.96 bits per heavy atom. The summed E-state index contributed by atoms with van der Waals surface area (Å²) in [5.41, 5.74) is 4.59. The number of nitrogens with zero attached hydrogens (tertiary/aromatic N) is 1. The van der Waals surface area contributed by atoms with E-state index in [4.69, 9.17) is 0 Å². The Morgan fingerprint density at radius 1 is 1.17 bits per heavy atom. The number of carbonyl (C=O) groups is 1. The van der Waals surface area contributed by atoms with E-state index in [1.165, 1.54) is 30.4 Å². The van der Waals surface area contributed by atoms with Crippen LogP contribution in [0.1, 0.15) is 60.4 Å². The summed E-state index contributed by atoms with van der Waals surface area (Å²) >= 11 is 0. The van der Waals surface area contributed by atoms with Crippen LogP contribution in [0.3, 0.4) is 0 Å². The molecule has 126 valence electrons. The zero-order chi connectivity index (χ0) is 16.9. The van der Waals surface area contributed by atoms with Gasteiger partial charge in [-0.2, -0.15) is 0 Å². The molecule has 3 nitrogen and oxygen atoms in total. The van der Waals surface area contributed by atoms with Crippen LogP contribution in [0, 0.1) is 19.8 Å². The summed E-state index contributed by atoms with van der Waals surface area (Å²) in [6, 6.07) is 10.3. The highest BCUT2D eigenvalue weighted by atomic mass is 16.1. The molecule has 2 aromatic rings. The molecule has 1 amide bonds. The molecule has 1 fully saturated rings. The first-order valence-corrected chi connectivity index (χ1v) is 8.92. The third kappa shape index (κ3) is 3.84. The first-order valence-electron chi connectivity index (χ1n) is 8.92. The minimum Gasteiger partial charge on any atom is -0.345 e. The van der Waals surface area contributed by atoms with Crippen LogP contribution in [0.2, 0.25) is 0 Å². The Bertz CT molecular complexity index is 690. The molecule has 1 aromatic carbocycles. The van der Waals surface area contributed by atoms with Crippen LogP contribution in [0.25, 0.3) is 0 Å². The standard InChI is InChI=1S/C21H26N2O/c1-15-10-11-16(2)19(13-15)20(18-9-6-12-22-14-18)23-21(24)17-7-4-3-5-8-17/h6,9-14,17,20H,3-5,7-8H2,1-2H3,(H,23,24)/t20-/m1/s1. The van der Waals surface area contributed by atoms with E-state index in [1.54, 1.807) is 6.20 Å². The van der Waals surface area contributed by atoms with Gasteiger partial charge >= 0.3 is 0 Å². The molecule has 1 aliphatic carbocycles. The first-order chi connectivity index (χ1) is 11.6. The number of hydrogen-bond acceptors (Lipinski definition) is 2. The molecule has 1 N–H and O–H groups in total. The number of nitrogens with one attached hydrogen (secondary N) is 1. The molecule has 0 bridgehead atoms. The molecule has 24 heavy (non-hydrogen) atoms. The Kier molecular flexibility index (Phi) is 5.29. The van der Waals surface area contributed by atoms with Gasteiger partial charge in [0.25, 0.3) is 0 Å². The topological polar surface area (TPSA) is 42.0 Å². The summed E-state index contributed by atoms with van der Waals surface area (Å²) in [5.74, 6) is 0.340. The number of rotatable bonds is 4. The van der Waals surface area contributed by atoms with Crippen molar-refractivity contribution in [1.29, 1.82) is 0 Å². The average Bonchev–Trinajstić information content (AvgIpc) is 2.63. The smallest absolute Gasteiger partial charge is 0.223 e. The van der Waals surface area contributed by atoms with Gasteiger partial charge in [0, 0.05) is 18.3 Å². The number of aryl methyl sites for hydroxylation is 2. The summed E-state index contributed by atoms with van der Waals surface area (Å²) in [6.07, 6.45) is 9.24. The number of carbonyl (C=O) groups excluding carboxylic acids is 1. The minimum absolute atomic E-state index is 0.131. The number of benzene rings is 1. The van der Waals surface area contributed by atoms with E-state index in [-0.39, 0.29) is 17.9 Å². The average molecular weight is 322 g/mol. The van der Waals surface area contributed by atoms with Gasteiger partial charge in [-0.15, -0.1) is 0 Å². The predicted molar refractivity (Wildman–Crippen MR) is 96.7 cm³/mol. The zero-order valence-electron chi connectivity index (χ0n) is 14.6. The fourth-order valence-corrected chi connectivity index (χ4v) is 3.58. The highest BCUT2D eigenvalue weighted by Crippen LogP contribution is 2.28. The molecule has 1 saturated carbocycles. The monoisotopic (exact) mass is 322 g/mol. The zero-order valence-corrected chi connectivity index (χ0v) is 14.6. The van der Waals surface area contributed by atoms with Gasteiger partial charge in [0.05, 0.1) is 6.04 Å². The number of pyridine rings is 1. The second kappa shape index (κ2) is 7.61. The number of hydrogen-bond donors (Lipinski definition) is 1. The molecular formula is C21H26N2O. The lowest BCUT2D eigenvalue weighted by Gasteiger charge is -2.26. The Morgan fingerprint density at radius 3 is 2.67 bits per heavy atom. The van der Waals surface area contributed by atoms with Gasteiger partial charge in [0.2, 0.25) is 5.91 Å². The van der Waals surface area contributed by atoms with Crippen LogP contribution in [-0.2, 0) is 4.79 Å². The van der Waals surface area contributed by atoms with E-state index in [9.17, 15) is 4.79 Å². The number of aromatic nitrogens is 1. The molecule has 3 heteroatoms. The van der Waals surface area contributed by atoms with E-state index >= 15 is 0 Å². The first kappa shape index (κ1) is 16.7. The van der Waals surface area contributed by atoms with Gasteiger partial charge < -0.3 is 5.32 Å². The Balaban J connectivity index is 1.90. The molecule has 0 radical (unpaired) electrons. The highest BCUT2D eigenvalue weighted by Gasteiger charge is 2.25. The Labute approximate surface area is 144 Å². The summed E-state index contributed by atoms with van der Waals surface area (Å²) in [7, 11) is 0. The maximum absolute atomic E-state index is 12.8. The van der Waals surface area contributed by atoms with Crippen molar-refractivity contribution in [1.82, 2.24) is 10.3 Å². The van der Waals surface area contributed by atoms with Crippen LogP contribution in [-0.4, -0.2) is 10.9 Å². The third-order valence-electron chi connectivity index (χ3n) is 5.03. The van der Waals surface area contributed by atoms with Crippen LogP contribution in [0.4, 0.5) is 0 Å². The Hall–Kier alpha value is -2.16. The molecule has 1 heterocycles. The second-order valence-corrected chi connectivity index (χ2v) is 6.92. The summed E-state index contributed by atoms with van der Waals surface area (Å²) in [6.45, 7) is 4.19. The minimum atomic E-state index is -0.131. The van der Waals surface area contributed by atoms with Gasteiger partial charge in [0.15, 0.2) is 0 Å². The van der Waals surface area contributed by atoms with E-state index < -0.39 is 0 Å². The van der Waals surface area contributed by atoms with Crippen molar-refractivity contribution in [2.75, 3.05) is 0 Å². The highest BCUT2D eigenvalue weighted by molar-refractivity contribution is 5.79. The van der Waals surface area contributed by atoms with Crippen LogP contribution in [0.5, 0.6) is 0 Å². The van der Waals surface area contributed by atoms with Crippen LogP contribution >= 0.6 is 0 Å². The molecule has 0 saturated heterocycles. The molecule has 0 unspecified atom stereocenters. The van der Waals surface area contributed by atoms with Crippen molar-refractivity contribution in [2.45, 2.75) is 52.0 Å². The van der Waals surface area contributed by atoms with Crippen molar-refractivity contribution in [3.05, 3.63) is 65.0 Å². The fraction of sp³-hybridized carbons (Fsp3) is 0.429. The molecule has 3 rings (SSSR count). The summed E-state index contributed by atoms with van der Waals surface area (Å²) in [5, 5.41) is 3.31. The fourth-order valence-electron chi connectivity index (χ4n) is 3.58. The third-order valence-corrected chi connectivity index (χ3v) is 5.03. The second-order valence-electron chi connectivity index (χ2n) is 6.92.